The summed E-state index contributed by atoms with van der Waals surface area (Å²) in [6, 6.07) is 7.45. The average Bonchev–Trinajstić information content (AvgIpc) is 2.63. The maximum atomic E-state index is 12.5. The van der Waals surface area contributed by atoms with E-state index in [4.69, 9.17) is 0 Å². The van der Waals surface area contributed by atoms with Crippen molar-refractivity contribution in [3.8, 4) is 0 Å². The van der Waals surface area contributed by atoms with Crippen LogP contribution in [0, 0.1) is 11.8 Å². The van der Waals surface area contributed by atoms with Crippen LogP contribution in [0.4, 0.5) is 11.4 Å². The lowest BCUT2D eigenvalue weighted by Gasteiger charge is -2.17. The van der Waals surface area contributed by atoms with E-state index < -0.39 is 0 Å². The number of hydrogen-bond donors (Lipinski definition) is 2. The molecule has 0 saturated carbocycles. The van der Waals surface area contributed by atoms with E-state index >= 15 is 0 Å². The van der Waals surface area contributed by atoms with Crippen molar-refractivity contribution in [1.29, 1.82) is 0 Å². The first-order valence-corrected chi connectivity index (χ1v) is 10.3. The number of unbranched alkanes of at least 4 members (excludes halogenated alkanes) is 2. The number of benzene rings is 1. The van der Waals surface area contributed by atoms with Gasteiger partial charge >= 0.3 is 0 Å². The highest BCUT2D eigenvalue weighted by Gasteiger charge is 2.17. The van der Waals surface area contributed by atoms with E-state index in [2.05, 4.69) is 38.3 Å². The summed E-state index contributed by atoms with van der Waals surface area (Å²) in [6.07, 6.45) is 7.87. The molecule has 1 aromatic carbocycles. The normalized spacial score (nSPS) is 13.1. The number of carbonyl (C=O) groups excluding carboxylic acids is 2. The number of amides is 2. The Labute approximate surface area is 159 Å². The summed E-state index contributed by atoms with van der Waals surface area (Å²) >= 11 is 0. The van der Waals surface area contributed by atoms with Gasteiger partial charge in [0.15, 0.2) is 0 Å². The summed E-state index contributed by atoms with van der Waals surface area (Å²) in [6.45, 7) is 8.39. The number of nitrogens with one attached hydrogen (secondary N) is 2. The third-order valence-electron chi connectivity index (χ3n) is 4.94. The van der Waals surface area contributed by atoms with E-state index in [-0.39, 0.29) is 23.7 Å². The summed E-state index contributed by atoms with van der Waals surface area (Å²) in [5.74, 6) is 0.232. The Balaban J connectivity index is 2.69. The first kappa shape index (κ1) is 22.2. The second-order valence-electron chi connectivity index (χ2n) is 7.05. The number of hydrogen-bond acceptors (Lipinski definition) is 2. The van der Waals surface area contributed by atoms with Gasteiger partial charge < -0.3 is 10.6 Å². The number of anilines is 2. The van der Waals surface area contributed by atoms with Crippen LogP contribution in [0.1, 0.15) is 79.1 Å². The molecule has 1 rings (SSSR count). The van der Waals surface area contributed by atoms with Gasteiger partial charge in [0, 0.05) is 23.2 Å². The number of carbonyl (C=O) groups is 2. The fraction of sp³-hybridized carbons (Fsp3) is 0.636. The summed E-state index contributed by atoms with van der Waals surface area (Å²) in [7, 11) is 0. The second-order valence-corrected chi connectivity index (χ2v) is 7.05. The van der Waals surface area contributed by atoms with Crippen molar-refractivity contribution >= 4 is 23.2 Å². The summed E-state index contributed by atoms with van der Waals surface area (Å²) < 4.78 is 0. The SMILES string of the molecule is CCCCC(CC)C(=O)Nc1cccc(NC(=O)C(CC)CCCC)c1. The minimum absolute atomic E-state index is 0.0479. The molecule has 2 unspecified atom stereocenters. The minimum Gasteiger partial charge on any atom is -0.326 e. The van der Waals surface area contributed by atoms with Crippen LogP contribution in [0.15, 0.2) is 24.3 Å². The molecule has 0 radical (unpaired) electrons. The fourth-order valence-corrected chi connectivity index (χ4v) is 3.11. The van der Waals surface area contributed by atoms with E-state index in [1.54, 1.807) is 0 Å². The second kappa shape index (κ2) is 12.5. The van der Waals surface area contributed by atoms with E-state index in [0.717, 1.165) is 62.7 Å². The molecule has 4 heteroatoms. The Morgan fingerprint density at radius 2 is 1.23 bits per heavy atom. The topological polar surface area (TPSA) is 58.2 Å². The van der Waals surface area contributed by atoms with Crippen molar-refractivity contribution in [3.05, 3.63) is 24.3 Å². The fourth-order valence-electron chi connectivity index (χ4n) is 3.11. The van der Waals surface area contributed by atoms with Crippen LogP contribution in [-0.4, -0.2) is 11.8 Å². The van der Waals surface area contributed by atoms with Crippen molar-refractivity contribution in [2.24, 2.45) is 11.8 Å². The van der Waals surface area contributed by atoms with Crippen LogP contribution in [0.25, 0.3) is 0 Å². The predicted octanol–water partition coefficient (Wildman–Crippen LogP) is 6.00. The predicted molar refractivity (Wildman–Crippen MR) is 110 cm³/mol. The molecule has 26 heavy (non-hydrogen) atoms. The average molecular weight is 361 g/mol. The van der Waals surface area contributed by atoms with E-state index in [0.29, 0.717) is 0 Å². The highest BCUT2D eigenvalue weighted by atomic mass is 16.2. The first-order valence-electron chi connectivity index (χ1n) is 10.3. The zero-order valence-corrected chi connectivity index (χ0v) is 16.9. The minimum atomic E-state index is 0.0479. The van der Waals surface area contributed by atoms with Gasteiger partial charge in [0.1, 0.15) is 0 Å². The lowest BCUT2D eigenvalue weighted by Crippen LogP contribution is -2.23. The standard InChI is InChI=1S/C22H36N2O2/c1-5-9-12-17(7-3)21(25)23-19-14-11-15-20(16-19)24-22(26)18(8-4)13-10-6-2/h11,14-18H,5-10,12-13H2,1-4H3,(H,23,25)(H,24,26). The van der Waals surface area contributed by atoms with Gasteiger partial charge in [0.05, 0.1) is 0 Å². The lowest BCUT2D eigenvalue weighted by molar-refractivity contribution is -0.120. The smallest absolute Gasteiger partial charge is 0.227 e. The lowest BCUT2D eigenvalue weighted by atomic mass is 9.98. The highest BCUT2D eigenvalue weighted by molar-refractivity contribution is 5.95. The molecule has 0 aliphatic rings. The molecule has 1 aromatic rings. The van der Waals surface area contributed by atoms with Crippen molar-refractivity contribution in [2.75, 3.05) is 10.6 Å². The van der Waals surface area contributed by atoms with Crippen LogP contribution in [-0.2, 0) is 9.59 Å². The van der Waals surface area contributed by atoms with Gasteiger partial charge in [0.2, 0.25) is 11.8 Å². The van der Waals surface area contributed by atoms with Gasteiger partial charge in [-0.25, -0.2) is 0 Å². The van der Waals surface area contributed by atoms with Crippen molar-refractivity contribution in [1.82, 2.24) is 0 Å². The molecular weight excluding hydrogens is 324 g/mol. The zero-order chi connectivity index (χ0) is 19.4. The van der Waals surface area contributed by atoms with Crippen LogP contribution < -0.4 is 10.6 Å². The summed E-state index contributed by atoms with van der Waals surface area (Å²) in [5, 5.41) is 6.01. The van der Waals surface area contributed by atoms with Gasteiger partial charge in [-0.05, 0) is 43.9 Å². The van der Waals surface area contributed by atoms with E-state index in [9.17, 15) is 9.59 Å². The van der Waals surface area contributed by atoms with Gasteiger partial charge in [0.25, 0.3) is 0 Å². The Morgan fingerprint density at radius 3 is 1.58 bits per heavy atom. The van der Waals surface area contributed by atoms with Crippen molar-refractivity contribution < 1.29 is 9.59 Å². The highest BCUT2D eigenvalue weighted by Crippen LogP contribution is 2.21. The molecule has 0 aliphatic heterocycles. The molecule has 0 spiro atoms. The monoisotopic (exact) mass is 360 g/mol. The summed E-state index contributed by atoms with van der Waals surface area (Å²) in [5.41, 5.74) is 1.48. The van der Waals surface area contributed by atoms with Crippen LogP contribution >= 0.6 is 0 Å². The van der Waals surface area contributed by atoms with E-state index in [1.807, 2.05) is 24.3 Å². The molecule has 0 heterocycles. The Hall–Kier alpha value is -1.84. The molecule has 2 atom stereocenters. The molecule has 0 bridgehead atoms. The molecular formula is C22H36N2O2. The van der Waals surface area contributed by atoms with Gasteiger partial charge in [-0.3, -0.25) is 9.59 Å². The largest absolute Gasteiger partial charge is 0.326 e. The zero-order valence-electron chi connectivity index (χ0n) is 16.9. The van der Waals surface area contributed by atoms with Gasteiger partial charge in [-0.2, -0.15) is 0 Å². The molecule has 0 fully saturated rings. The molecule has 0 saturated heterocycles. The quantitative estimate of drug-likeness (QED) is 0.480. The molecule has 0 aromatic heterocycles. The number of rotatable bonds is 12. The maximum absolute atomic E-state index is 12.5. The molecule has 146 valence electrons. The third-order valence-corrected chi connectivity index (χ3v) is 4.94. The molecule has 2 amide bonds. The third kappa shape index (κ3) is 7.59. The maximum Gasteiger partial charge on any atom is 0.227 e. The van der Waals surface area contributed by atoms with Crippen LogP contribution in [0.2, 0.25) is 0 Å². The molecule has 4 nitrogen and oxygen atoms in total. The Kier molecular flexibility index (Phi) is 10.7. The Morgan fingerprint density at radius 1 is 0.808 bits per heavy atom. The van der Waals surface area contributed by atoms with Gasteiger partial charge in [-0.1, -0.05) is 59.4 Å². The van der Waals surface area contributed by atoms with Crippen LogP contribution in [0.3, 0.4) is 0 Å². The summed E-state index contributed by atoms with van der Waals surface area (Å²) in [4.78, 5) is 24.9. The molecule has 0 aliphatic carbocycles. The first-order chi connectivity index (χ1) is 12.5. The van der Waals surface area contributed by atoms with Gasteiger partial charge in [-0.15, -0.1) is 0 Å². The van der Waals surface area contributed by atoms with Crippen molar-refractivity contribution in [3.63, 3.8) is 0 Å². The molecule has 2 N–H and O–H groups in total. The Bertz CT molecular complexity index is 512. The van der Waals surface area contributed by atoms with Crippen molar-refractivity contribution in [2.45, 2.75) is 79.1 Å². The van der Waals surface area contributed by atoms with E-state index in [1.165, 1.54) is 0 Å². The van der Waals surface area contributed by atoms with Crippen LogP contribution in [0.5, 0.6) is 0 Å².